The van der Waals surface area contributed by atoms with Gasteiger partial charge >= 0.3 is 0 Å². The number of aromatic nitrogens is 2. The van der Waals surface area contributed by atoms with E-state index in [-0.39, 0.29) is 6.04 Å². The van der Waals surface area contributed by atoms with E-state index in [2.05, 4.69) is 4.98 Å². The number of nitrogens with zero attached hydrogens (tertiary/aromatic N) is 2. The molecular weight excluding hydrogens is 293 g/mol. The van der Waals surface area contributed by atoms with Crippen molar-refractivity contribution in [2.24, 2.45) is 0 Å². The predicted molar refractivity (Wildman–Crippen MR) is 84.4 cm³/mol. The molecule has 1 unspecified atom stereocenters. The lowest BCUT2D eigenvalue weighted by Crippen LogP contribution is -2.10. The van der Waals surface area contributed by atoms with Crippen LogP contribution in [0, 0.1) is 0 Å². The highest BCUT2D eigenvalue weighted by Crippen LogP contribution is 2.32. The fourth-order valence-electron chi connectivity index (χ4n) is 2.46. The van der Waals surface area contributed by atoms with E-state index in [1.54, 1.807) is 6.07 Å². The summed E-state index contributed by atoms with van der Waals surface area (Å²) in [6.07, 6.45) is 0. The zero-order valence-electron chi connectivity index (χ0n) is 10.8. The number of nitrogen functional groups attached to an aromatic ring is 1. The van der Waals surface area contributed by atoms with Gasteiger partial charge in [-0.2, -0.15) is 0 Å². The molecule has 1 heterocycles. The van der Waals surface area contributed by atoms with Crippen LogP contribution < -0.4 is 5.73 Å². The van der Waals surface area contributed by atoms with Gasteiger partial charge in [0.25, 0.3) is 0 Å². The van der Waals surface area contributed by atoms with E-state index in [0.717, 1.165) is 11.1 Å². The first kappa shape index (κ1) is 13.3. The number of hydrogen-bond donors (Lipinski definition) is 1. The Bertz CT molecular complexity index is 780. The largest absolute Gasteiger partial charge is 0.369 e. The number of benzene rings is 2. The third-order valence-electron chi connectivity index (χ3n) is 3.44. The Labute approximate surface area is 126 Å². The molecule has 0 amide bonds. The lowest BCUT2D eigenvalue weighted by atomic mass is 10.1. The summed E-state index contributed by atoms with van der Waals surface area (Å²) in [5, 5.41) is 1.31. The van der Waals surface area contributed by atoms with E-state index in [1.165, 1.54) is 0 Å². The highest BCUT2D eigenvalue weighted by atomic mass is 35.5. The standard InChI is InChI=1S/C15H13Cl2N3/c1-9(10-5-2-3-6-11(10)16)20-13-8-4-7-12(17)14(13)19-15(20)18/h2-9H,1H3,(H2,18,19). The third kappa shape index (κ3) is 2.03. The quantitative estimate of drug-likeness (QED) is 0.755. The van der Waals surface area contributed by atoms with E-state index in [9.17, 15) is 0 Å². The van der Waals surface area contributed by atoms with Crippen LogP contribution in [0.4, 0.5) is 5.95 Å². The highest BCUT2D eigenvalue weighted by molar-refractivity contribution is 6.35. The van der Waals surface area contributed by atoms with Crippen molar-refractivity contribution >= 4 is 40.2 Å². The van der Waals surface area contributed by atoms with E-state index in [1.807, 2.05) is 47.9 Å². The molecule has 20 heavy (non-hydrogen) atoms. The normalized spacial score (nSPS) is 12.8. The molecule has 1 aromatic heterocycles. The summed E-state index contributed by atoms with van der Waals surface area (Å²) in [6.45, 7) is 2.04. The molecule has 3 aromatic rings. The van der Waals surface area contributed by atoms with Gasteiger partial charge in [-0.3, -0.25) is 0 Å². The van der Waals surface area contributed by atoms with Crippen molar-refractivity contribution in [3.05, 3.63) is 58.1 Å². The summed E-state index contributed by atoms with van der Waals surface area (Å²) < 4.78 is 1.95. The number of halogens is 2. The Morgan fingerprint density at radius 1 is 1.05 bits per heavy atom. The molecule has 0 bridgehead atoms. The number of fused-ring (bicyclic) bond motifs is 1. The van der Waals surface area contributed by atoms with Crippen molar-refractivity contribution in [1.82, 2.24) is 9.55 Å². The summed E-state index contributed by atoms with van der Waals surface area (Å²) in [7, 11) is 0. The first-order valence-corrected chi connectivity index (χ1v) is 7.01. The molecule has 5 heteroatoms. The molecule has 0 aliphatic carbocycles. The zero-order valence-corrected chi connectivity index (χ0v) is 12.4. The van der Waals surface area contributed by atoms with Crippen LogP contribution in [0.1, 0.15) is 18.5 Å². The van der Waals surface area contributed by atoms with Gasteiger partial charge in [-0.1, -0.05) is 47.5 Å². The van der Waals surface area contributed by atoms with Gasteiger partial charge in [0.15, 0.2) is 0 Å². The molecule has 3 nitrogen and oxygen atoms in total. The summed E-state index contributed by atoms with van der Waals surface area (Å²) in [6, 6.07) is 13.4. The SMILES string of the molecule is CC(c1ccccc1Cl)n1c(N)nc2c(Cl)cccc21. The lowest BCUT2D eigenvalue weighted by Gasteiger charge is -2.17. The minimum atomic E-state index is -0.0211. The van der Waals surface area contributed by atoms with Gasteiger partial charge in [-0.05, 0) is 30.7 Å². The first-order chi connectivity index (χ1) is 9.59. The van der Waals surface area contributed by atoms with Crippen LogP contribution in [0.15, 0.2) is 42.5 Å². The van der Waals surface area contributed by atoms with Gasteiger partial charge in [0.1, 0.15) is 5.52 Å². The van der Waals surface area contributed by atoms with Gasteiger partial charge in [0, 0.05) is 5.02 Å². The second-order valence-corrected chi connectivity index (χ2v) is 5.46. The second-order valence-electron chi connectivity index (χ2n) is 4.65. The molecule has 0 aliphatic heterocycles. The van der Waals surface area contributed by atoms with Crippen LogP contribution in [0.3, 0.4) is 0 Å². The number of imidazole rings is 1. The van der Waals surface area contributed by atoms with Gasteiger partial charge < -0.3 is 10.3 Å². The maximum Gasteiger partial charge on any atom is 0.201 e. The third-order valence-corrected chi connectivity index (χ3v) is 4.09. The summed E-state index contributed by atoms with van der Waals surface area (Å²) in [5.41, 5.74) is 8.68. The van der Waals surface area contributed by atoms with Crippen molar-refractivity contribution in [1.29, 1.82) is 0 Å². The maximum atomic E-state index is 6.27. The molecule has 0 saturated heterocycles. The molecule has 1 atom stereocenters. The number of para-hydroxylation sites is 1. The van der Waals surface area contributed by atoms with Crippen LogP contribution in [0.5, 0.6) is 0 Å². The Morgan fingerprint density at radius 3 is 2.50 bits per heavy atom. The summed E-state index contributed by atoms with van der Waals surface area (Å²) in [4.78, 5) is 4.35. The van der Waals surface area contributed by atoms with Gasteiger partial charge in [0.2, 0.25) is 5.95 Å². The van der Waals surface area contributed by atoms with E-state index in [4.69, 9.17) is 28.9 Å². The van der Waals surface area contributed by atoms with Crippen molar-refractivity contribution < 1.29 is 0 Å². The van der Waals surface area contributed by atoms with Crippen LogP contribution in [-0.2, 0) is 0 Å². The van der Waals surface area contributed by atoms with Gasteiger partial charge in [0.05, 0.1) is 16.6 Å². The number of anilines is 1. The fourth-order valence-corrected chi connectivity index (χ4v) is 2.97. The summed E-state index contributed by atoms with van der Waals surface area (Å²) in [5.74, 6) is 0.431. The van der Waals surface area contributed by atoms with Crippen molar-refractivity contribution in [3.63, 3.8) is 0 Å². The minimum absolute atomic E-state index is 0.0211. The van der Waals surface area contributed by atoms with E-state index in [0.29, 0.717) is 21.5 Å². The molecule has 0 fully saturated rings. The average molecular weight is 306 g/mol. The molecular formula is C15H13Cl2N3. The van der Waals surface area contributed by atoms with Crippen molar-refractivity contribution in [2.45, 2.75) is 13.0 Å². The number of rotatable bonds is 2. The fraction of sp³-hybridized carbons (Fsp3) is 0.133. The minimum Gasteiger partial charge on any atom is -0.369 e. The van der Waals surface area contributed by atoms with E-state index < -0.39 is 0 Å². The van der Waals surface area contributed by atoms with E-state index >= 15 is 0 Å². The van der Waals surface area contributed by atoms with Gasteiger partial charge in [-0.25, -0.2) is 4.98 Å². The monoisotopic (exact) mass is 305 g/mol. The summed E-state index contributed by atoms with van der Waals surface area (Å²) >= 11 is 12.4. The Morgan fingerprint density at radius 2 is 1.75 bits per heavy atom. The Balaban J connectivity index is 2.22. The van der Waals surface area contributed by atoms with Gasteiger partial charge in [-0.15, -0.1) is 0 Å². The second kappa shape index (κ2) is 5.00. The van der Waals surface area contributed by atoms with Crippen LogP contribution in [0.2, 0.25) is 10.0 Å². The molecule has 2 N–H and O–H groups in total. The van der Waals surface area contributed by atoms with Crippen molar-refractivity contribution in [2.75, 3.05) is 5.73 Å². The number of nitrogens with two attached hydrogens (primary N) is 1. The number of hydrogen-bond acceptors (Lipinski definition) is 2. The molecule has 0 saturated carbocycles. The molecule has 3 rings (SSSR count). The maximum absolute atomic E-state index is 6.27. The smallest absolute Gasteiger partial charge is 0.201 e. The molecule has 0 spiro atoms. The highest BCUT2D eigenvalue weighted by Gasteiger charge is 2.18. The molecule has 102 valence electrons. The lowest BCUT2D eigenvalue weighted by molar-refractivity contribution is 0.668. The first-order valence-electron chi connectivity index (χ1n) is 6.26. The topological polar surface area (TPSA) is 43.8 Å². The van der Waals surface area contributed by atoms with Crippen LogP contribution >= 0.6 is 23.2 Å². The predicted octanol–water partition coefficient (Wildman–Crippen LogP) is 4.53. The molecule has 2 aromatic carbocycles. The molecule has 0 radical (unpaired) electrons. The van der Waals surface area contributed by atoms with Crippen molar-refractivity contribution in [3.8, 4) is 0 Å². The average Bonchev–Trinajstić information content (AvgIpc) is 2.76. The Hall–Kier alpha value is -1.71. The molecule has 0 aliphatic rings. The van der Waals surface area contributed by atoms with Crippen LogP contribution in [0.25, 0.3) is 11.0 Å². The van der Waals surface area contributed by atoms with Crippen LogP contribution in [-0.4, -0.2) is 9.55 Å². The zero-order chi connectivity index (χ0) is 14.3. The Kier molecular flexibility index (Phi) is 3.32.